The smallest absolute Gasteiger partial charge is 0.164 e. The minimum absolute atomic E-state index is 0.130. The van der Waals surface area contributed by atoms with Crippen molar-refractivity contribution in [1.82, 2.24) is 15.0 Å². The van der Waals surface area contributed by atoms with Crippen LogP contribution in [0.3, 0.4) is 0 Å². The molecule has 0 aliphatic heterocycles. The normalized spacial score (nSPS) is 13.1. The minimum atomic E-state index is -0.130. The lowest BCUT2D eigenvalue weighted by Gasteiger charge is -2.21. The van der Waals surface area contributed by atoms with Gasteiger partial charge in [-0.15, -0.1) is 0 Å². The van der Waals surface area contributed by atoms with Crippen molar-refractivity contribution in [3.63, 3.8) is 0 Å². The Morgan fingerprint density at radius 3 is 1.74 bits per heavy atom. The van der Waals surface area contributed by atoms with Crippen LogP contribution >= 0.6 is 0 Å². The van der Waals surface area contributed by atoms with Crippen molar-refractivity contribution in [2.24, 2.45) is 0 Å². The van der Waals surface area contributed by atoms with Gasteiger partial charge in [-0.25, -0.2) is 15.0 Å². The van der Waals surface area contributed by atoms with Gasteiger partial charge in [-0.05, 0) is 41.3 Å². The summed E-state index contributed by atoms with van der Waals surface area (Å²) in [4.78, 5) is 14.6. The third kappa shape index (κ3) is 3.27. The lowest BCUT2D eigenvalue weighted by molar-refractivity contribution is 0.660. The topological polar surface area (TPSA) is 38.7 Å². The zero-order chi connectivity index (χ0) is 23.3. The summed E-state index contributed by atoms with van der Waals surface area (Å²) in [6.45, 7) is 6.61. The number of hydrogen-bond donors (Lipinski definition) is 0. The number of aromatic nitrogens is 3. The summed E-state index contributed by atoms with van der Waals surface area (Å²) in [5.74, 6) is 2.02. The maximum absolute atomic E-state index is 4.90. The van der Waals surface area contributed by atoms with Gasteiger partial charge < -0.3 is 0 Å². The van der Waals surface area contributed by atoms with Crippen molar-refractivity contribution in [3.8, 4) is 45.3 Å². The third-order valence-electron chi connectivity index (χ3n) is 6.61. The standard InChI is InChI=1S/C31H23N3/c1-20-14-16-24-25-17-15-23(19-27(25)31(2,3)26(24)18-20)30-33-28(21-10-6-4-7-11-21)32-29(34-30)22-12-8-5-9-13-22/h4-13,15,17-19H,1-3H3. The van der Waals surface area contributed by atoms with Crippen LogP contribution in [0.15, 0.2) is 84.9 Å². The highest BCUT2D eigenvalue weighted by molar-refractivity contribution is 5.82. The van der Waals surface area contributed by atoms with Crippen LogP contribution in [0, 0.1) is 19.1 Å². The van der Waals surface area contributed by atoms with E-state index in [1.165, 1.54) is 16.7 Å². The Morgan fingerprint density at radius 1 is 0.588 bits per heavy atom. The van der Waals surface area contributed by atoms with Crippen LogP contribution in [0.25, 0.3) is 45.3 Å². The molecule has 0 bridgehead atoms. The number of nitrogens with zero attached hydrogens (tertiary/aromatic N) is 3. The molecule has 0 spiro atoms. The number of fused-ring (bicyclic) bond motifs is 3. The summed E-state index contributed by atoms with van der Waals surface area (Å²) in [7, 11) is 0. The first-order valence-corrected chi connectivity index (χ1v) is 11.5. The monoisotopic (exact) mass is 437 g/mol. The van der Waals surface area contributed by atoms with Gasteiger partial charge in [0.2, 0.25) is 0 Å². The van der Waals surface area contributed by atoms with E-state index in [2.05, 4.69) is 57.2 Å². The van der Waals surface area contributed by atoms with Crippen LogP contribution in [0.4, 0.5) is 0 Å². The quantitative estimate of drug-likeness (QED) is 0.302. The van der Waals surface area contributed by atoms with Crippen molar-refractivity contribution < 1.29 is 0 Å². The van der Waals surface area contributed by atoms with E-state index >= 15 is 0 Å². The molecule has 0 unspecified atom stereocenters. The molecule has 0 saturated heterocycles. The van der Waals surface area contributed by atoms with Crippen LogP contribution in [-0.2, 0) is 5.41 Å². The van der Waals surface area contributed by atoms with E-state index in [0.717, 1.165) is 27.8 Å². The predicted molar refractivity (Wildman–Crippen MR) is 136 cm³/mol. The van der Waals surface area contributed by atoms with Gasteiger partial charge in [-0.3, -0.25) is 0 Å². The van der Waals surface area contributed by atoms with Crippen molar-refractivity contribution in [2.45, 2.75) is 26.2 Å². The highest BCUT2D eigenvalue weighted by Crippen LogP contribution is 2.48. The molecule has 0 N–H and O–H groups in total. The molecule has 4 aromatic carbocycles. The molecule has 0 fully saturated rings. The molecule has 1 aliphatic rings. The lowest BCUT2D eigenvalue weighted by atomic mass is 9.81. The van der Waals surface area contributed by atoms with Gasteiger partial charge in [0.1, 0.15) is 0 Å². The molecule has 6 rings (SSSR count). The maximum Gasteiger partial charge on any atom is 0.164 e. The van der Waals surface area contributed by atoms with Gasteiger partial charge in [0.25, 0.3) is 0 Å². The Labute approximate surface area is 200 Å². The zero-order valence-electron chi connectivity index (χ0n) is 19.4. The largest absolute Gasteiger partial charge is 0.208 e. The molecule has 1 heterocycles. The van der Waals surface area contributed by atoms with Gasteiger partial charge >= 0.3 is 0 Å². The predicted octanol–water partition coefficient (Wildman–Crippen LogP) is 7.09. The van der Waals surface area contributed by atoms with E-state index < -0.39 is 0 Å². The molecule has 1 aromatic heterocycles. The molecular formula is C31H23N3. The van der Waals surface area contributed by atoms with E-state index in [1.807, 2.05) is 60.7 Å². The van der Waals surface area contributed by atoms with Gasteiger partial charge in [-0.1, -0.05) is 98.8 Å². The van der Waals surface area contributed by atoms with E-state index in [0.29, 0.717) is 17.5 Å². The van der Waals surface area contributed by atoms with E-state index in [4.69, 9.17) is 15.0 Å². The molecule has 34 heavy (non-hydrogen) atoms. The lowest BCUT2D eigenvalue weighted by Crippen LogP contribution is -2.15. The number of benzene rings is 3. The van der Waals surface area contributed by atoms with Gasteiger partial charge in [0, 0.05) is 27.7 Å². The van der Waals surface area contributed by atoms with Crippen LogP contribution in [0.5, 0.6) is 0 Å². The molecule has 0 radical (unpaired) electrons. The Hall–Kier alpha value is -4.29. The summed E-state index contributed by atoms with van der Waals surface area (Å²) >= 11 is 0. The fraction of sp³-hybridized carbons (Fsp3) is 0.129. The Balaban J connectivity index is 1.53. The average Bonchev–Trinajstić information content (AvgIpc) is 3.10. The molecule has 3 heteroatoms. The van der Waals surface area contributed by atoms with Crippen molar-refractivity contribution in [3.05, 3.63) is 114 Å². The summed E-state index contributed by atoms with van der Waals surface area (Å²) in [6, 6.07) is 35.5. The Morgan fingerprint density at radius 2 is 1.15 bits per heavy atom. The van der Waals surface area contributed by atoms with Gasteiger partial charge in [-0.2, -0.15) is 0 Å². The third-order valence-corrected chi connectivity index (χ3v) is 6.61. The number of hydrogen-bond acceptors (Lipinski definition) is 3. The molecule has 3 nitrogen and oxygen atoms in total. The molecule has 5 aromatic rings. The maximum atomic E-state index is 4.90. The summed E-state index contributed by atoms with van der Waals surface area (Å²) in [5.41, 5.74) is 8.81. The average molecular weight is 438 g/mol. The van der Waals surface area contributed by atoms with E-state index in [-0.39, 0.29) is 5.41 Å². The van der Waals surface area contributed by atoms with E-state index in [9.17, 15) is 0 Å². The SMILES string of the molecule is Cc1c#cc2c(c1)C(C)(C)c1cc(-c3nc(-c4ccccc4)nc(-c4ccccc4)n3)ccc1-2. The molecular weight excluding hydrogens is 414 g/mol. The second kappa shape index (κ2) is 7.64. The Bertz CT molecular complexity index is 1460. The molecule has 0 amide bonds. The molecule has 1 aliphatic carbocycles. The Kier molecular flexibility index (Phi) is 4.57. The second-order valence-corrected chi connectivity index (χ2v) is 9.29. The van der Waals surface area contributed by atoms with Crippen LogP contribution in [-0.4, -0.2) is 15.0 Å². The van der Waals surface area contributed by atoms with Crippen LogP contribution < -0.4 is 0 Å². The van der Waals surface area contributed by atoms with Crippen LogP contribution in [0.1, 0.15) is 30.5 Å². The minimum Gasteiger partial charge on any atom is -0.208 e. The molecule has 162 valence electrons. The van der Waals surface area contributed by atoms with E-state index in [1.54, 1.807) is 0 Å². The van der Waals surface area contributed by atoms with Crippen molar-refractivity contribution >= 4 is 0 Å². The second-order valence-electron chi connectivity index (χ2n) is 9.29. The molecule has 0 atom stereocenters. The zero-order valence-corrected chi connectivity index (χ0v) is 19.4. The first-order valence-electron chi connectivity index (χ1n) is 11.5. The summed E-state index contributed by atoms with van der Waals surface area (Å²) < 4.78 is 0. The van der Waals surface area contributed by atoms with Crippen molar-refractivity contribution in [2.75, 3.05) is 0 Å². The highest BCUT2D eigenvalue weighted by atomic mass is 15.0. The fourth-order valence-corrected chi connectivity index (χ4v) is 4.76. The first-order chi connectivity index (χ1) is 16.5. The number of rotatable bonds is 3. The number of aryl methyl sites for hydroxylation is 1. The first kappa shape index (κ1) is 20.3. The highest BCUT2D eigenvalue weighted by Gasteiger charge is 2.36. The van der Waals surface area contributed by atoms with Gasteiger partial charge in [0.05, 0.1) is 0 Å². The fourth-order valence-electron chi connectivity index (χ4n) is 4.76. The van der Waals surface area contributed by atoms with Crippen molar-refractivity contribution in [1.29, 1.82) is 0 Å². The van der Waals surface area contributed by atoms with Gasteiger partial charge in [0.15, 0.2) is 17.5 Å². The summed E-state index contributed by atoms with van der Waals surface area (Å²) in [5, 5.41) is 0. The summed E-state index contributed by atoms with van der Waals surface area (Å²) in [6.07, 6.45) is 0. The molecule has 0 saturated carbocycles. The van der Waals surface area contributed by atoms with Crippen LogP contribution in [0.2, 0.25) is 0 Å².